The lowest BCUT2D eigenvalue weighted by atomic mass is 9.86. The number of hydrogen-bond donors (Lipinski definition) is 1. The number of nitrogens with one attached hydrogen (secondary N) is 1. The van der Waals surface area contributed by atoms with Gasteiger partial charge in [0, 0.05) is 25.1 Å². The van der Waals surface area contributed by atoms with E-state index < -0.39 is 17.8 Å². The normalized spacial score (nSPS) is 12.0. The maximum atomic E-state index is 14.6. The summed E-state index contributed by atoms with van der Waals surface area (Å²) in [6, 6.07) is 22.6. The summed E-state index contributed by atoms with van der Waals surface area (Å²) in [5.74, 6) is -0.499. The third-order valence-electron chi connectivity index (χ3n) is 5.97. The van der Waals surface area contributed by atoms with Crippen LogP contribution >= 0.6 is 0 Å². The monoisotopic (exact) mass is 490 g/mol. The minimum Gasteiger partial charge on any atom is -0.483 e. The van der Waals surface area contributed by atoms with Crippen LogP contribution in [0.15, 0.2) is 78.9 Å². The Bertz CT molecular complexity index is 1160. The molecule has 190 valence electrons. The van der Waals surface area contributed by atoms with Gasteiger partial charge in [0.15, 0.2) is 6.61 Å². The molecule has 0 aliphatic rings. The fraction of sp³-hybridized carbons (Fsp3) is 0.333. The van der Waals surface area contributed by atoms with E-state index in [1.54, 1.807) is 18.2 Å². The molecule has 0 fully saturated rings. The highest BCUT2D eigenvalue weighted by Crippen LogP contribution is 2.31. The van der Waals surface area contributed by atoms with Crippen LogP contribution in [0.3, 0.4) is 0 Å². The number of halogens is 1. The zero-order valence-electron chi connectivity index (χ0n) is 21.5. The molecule has 3 aromatic rings. The molecule has 1 N–H and O–H groups in total. The fourth-order valence-electron chi connectivity index (χ4n) is 4.09. The first-order valence-electron chi connectivity index (χ1n) is 12.3. The SMILES string of the molecule is CCNC(=O)C(Cc1ccccc1)N(Cc1ccccc1F)C(=O)COc1ccccc1C(C)(C)C. The van der Waals surface area contributed by atoms with E-state index in [1.165, 1.54) is 11.0 Å². The number of carbonyl (C=O) groups excluding carboxylic acids is 2. The van der Waals surface area contributed by atoms with Gasteiger partial charge in [0.1, 0.15) is 17.6 Å². The summed E-state index contributed by atoms with van der Waals surface area (Å²) >= 11 is 0. The van der Waals surface area contributed by atoms with Crippen molar-refractivity contribution in [2.45, 2.75) is 52.1 Å². The first kappa shape index (κ1) is 26.9. The molecule has 0 aromatic heterocycles. The van der Waals surface area contributed by atoms with Crippen molar-refractivity contribution in [3.05, 3.63) is 101 Å². The maximum Gasteiger partial charge on any atom is 0.261 e. The number of nitrogens with zero attached hydrogens (tertiary/aromatic N) is 1. The molecule has 0 heterocycles. The summed E-state index contributed by atoms with van der Waals surface area (Å²) in [6.07, 6.45) is 0.297. The van der Waals surface area contributed by atoms with Gasteiger partial charge in [0.25, 0.3) is 5.91 Å². The number of likely N-dealkylation sites (N-methyl/N-ethyl adjacent to an activating group) is 1. The minimum absolute atomic E-state index is 0.0512. The lowest BCUT2D eigenvalue weighted by Gasteiger charge is -2.32. The van der Waals surface area contributed by atoms with Crippen molar-refractivity contribution >= 4 is 11.8 Å². The van der Waals surface area contributed by atoms with Crippen LogP contribution in [0.1, 0.15) is 44.4 Å². The predicted octanol–water partition coefficient (Wildman–Crippen LogP) is 5.28. The van der Waals surface area contributed by atoms with Gasteiger partial charge in [-0.3, -0.25) is 9.59 Å². The first-order valence-corrected chi connectivity index (χ1v) is 12.3. The average molecular weight is 491 g/mol. The van der Waals surface area contributed by atoms with Crippen LogP contribution in [-0.4, -0.2) is 35.9 Å². The number of ether oxygens (including phenoxy) is 1. The summed E-state index contributed by atoms with van der Waals surface area (Å²) < 4.78 is 20.6. The van der Waals surface area contributed by atoms with E-state index in [0.717, 1.165) is 11.1 Å². The van der Waals surface area contributed by atoms with Gasteiger partial charge in [0.2, 0.25) is 5.91 Å². The molecule has 0 saturated carbocycles. The molecule has 3 rings (SSSR count). The zero-order valence-corrected chi connectivity index (χ0v) is 21.5. The number of hydrogen-bond acceptors (Lipinski definition) is 3. The second-order valence-corrected chi connectivity index (χ2v) is 9.75. The Labute approximate surface area is 213 Å². The fourth-order valence-corrected chi connectivity index (χ4v) is 4.09. The standard InChI is InChI=1S/C30H35FN2O3/c1-5-32-29(35)26(19-22-13-7-6-8-14-22)33(20-23-15-9-11-17-25(23)31)28(34)21-36-27-18-12-10-16-24(27)30(2,3)4/h6-18,26H,5,19-21H2,1-4H3,(H,32,35). The van der Waals surface area contributed by atoms with Crippen LogP contribution in [-0.2, 0) is 28.0 Å². The number of carbonyl (C=O) groups is 2. The summed E-state index contributed by atoms with van der Waals surface area (Å²) in [7, 11) is 0. The molecule has 1 unspecified atom stereocenters. The number of rotatable bonds is 10. The van der Waals surface area contributed by atoms with Gasteiger partial charge in [0.05, 0.1) is 0 Å². The topological polar surface area (TPSA) is 58.6 Å². The van der Waals surface area contributed by atoms with Crippen LogP contribution in [0.4, 0.5) is 4.39 Å². The molecule has 0 saturated heterocycles. The van der Waals surface area contributed by atoms with Gasteiger partial charge in [-0.2, -0.15) is 0 Å². The Morgan fingerprint density at radius 3 is 2.25 bits per heavy atom. The Morgan fingerprint density at radius 1 is 0.944 bits per heavy atom. The zero-order chi connectivity index (χ0) is 26.1. The van der Waals surface area contributed by atoms with E-state index in [-0.39, 0.29) is 24.5 Å². The molecule has 2 amide bonds. The number of para-hydroxylation sites is 1. The average Bonchev–Trinajstić information content (AvgIpc) is 2.86. The molecular formula is C30H35FN2O3. The summed E-state index contributed by atoms with van der Waals surface area (Å²) in [5.41, 5.74) is 2.04. The quantitative estimate of drug-likeness (QED) is 0.421. The molecule has 3 aromatic carbocycles. The highest BCUT2D eigenvalue weighted by molar-refractivity contribution is 5.88. The van der Waals surface area contributed by atoms with E-state index in [9.17, 15) is 14.0 Å². The molecule has 0 radical (unpaired) electrons. The van der Waals surface area contributed by atoms with Gasteiger partial charge in [-0.05, 0) is 35.6 Å². The van der Waals surface area contributed by atoms with E-state index in [4.69, 9.17) is 4.74 Å². The molecule has 0 aliphatic heterocycles. The van der Waals surface area contributed by atoms with Crippen molar-refractivity contribution in [2.24, 2.45) is 0 Å². The Kier molecular flexibility index (Phi) is 9.23. The lowest BCUT2D eigenvalue weighted by Crippen LogP contribution is -2.51. The van der Waals surface area contributed by atoms with Crippen molar-refractivity contribution in [3.63, 3.8) is 0 Å². The first-order chi connectivity index (χ1) is 17.2. The highest BCUT2D eigenvalue weighted by atomic mass is 19.1. The van der Waals surface area contributed by atoms with Crippen molar-refractivity contribution in [3.8, 4) is 5.75 Å². The highest BCUT2D eigenvalue weighted by Gasteiger charge is 2.31. The van der Waals surface area contributed by atoms with Crippen molar-refractivity contribution in [2.75, 3.05) is 13.2 Å². The van der Waals surface area contributed by atoms with Gasteiger partial charge in [-0.15, -0.1) is 0 Å². The molecule has 0 spiro atoms. The van der Waals surface area contributed by atoms with Crippen LogP contribution < -0.4 is 10.1 Å². The molecule has 0 bridgehead atoms. The number of benzene rings is 3. The van der Waals surface area contributed by atoms with Crippen LogP contribution in [0.5, 0.6) is 5.75 Å². The Balaban J connectivity index is 1.93. The minimum atomic E-state index is -0.832. The van der Waals surface area contributed by atoms with E-state index in [2.05, 4.69) is 26.1 Å². The molecule has 0 aliphatic carbocycles. The van der Waals surface area contributed by atoms with Crippen molar-refractivity contribution in [1.82, 2.24) is 10.2 Å². The van der Waals surface area contributed by atoms with E-state index in [0.29, 0.717) is 24.3 Å². The third kappa shape index (κ3) is 7.17. The largest absolute Gasteiger partial charge is 0.483 e. The van der Waals surface area contributed by atoms with Crippen molar-refractivity contribution < 1.29 is 18.7 Å². The Morgan fingerprint density at radius 2 is 1.58 bits per heavy atom. The number of amides is 2. The Hall–Kier alpha value is -3.67. The molecule has 1 atom stereocenters. The predicted molar refractivity (Wildman–Crippen MR) is 140 cm³/mol. The summed E-state index contributed by atoms with van der Waals surface area (Å²) in [4.78, 5) is 28.2. The summed E-state index contributed by atoms with van der Waals surface area (Å²) in [5, 5.41) is 2.84. The molecule has 6 heteroatoms. The maximum absolute atomic E-state index is 14.6. The van der Waals surface area contributed by atoms with Gasteiger partial charge in [-0.25, -0.2) is 4.39 Å². The van der Waals surface area contributed by atoms with Gasteiger partial charge in [-0.1, -0.05) is 87.5 Å². The third-order valence-corrected chi connectivity index (χ3v) is 5.97. The summed E-state index contributed by atoms with van der Waals surface area (Å²) in [6.45, 7) is 8.15. The van der Waals surface area contributed by atoms with Crippen molar-refractivity contribution in [1.29, 1.82) is 0 Å². The molecule has 5 nitrogen and oxygen atoms in total. The second kappa shape index (κ2) is 12.3. The second-order valence-electron chi connectivity index (χ2n) is 9.75. The van der Waals surface area contributed by atoms with Crippen LogP contribution in [0.2, 0.25) is 0 Å². The van der Waals surface area contributed by atoms with Gasteiger partial charge < -0.3 is 15.0 Å². The lowest BCUT2D eigenvalue weighted by molar-refractivity contribution is -0.142. The van der Waals surface area contributed by atoms with Crippen LogP contribution in [0, 0.1) is 5.82 Å². The smallest absolute Gasteiger partial charge is 0.261 e. The van der Waals surface area contributed by atoms with Crippen LogP contribution in [0.25, 0.3) is 0 Å². The van der Waals surface area contributed by atoms with E-state index >= 15 is 0 Å². The molecule has 36 heavy (non-hydrogen) atoms. The van der Waals surface area contributed by atoms with Gasteiger partial charge >= 0.3 is 0 Å². The van der Waals surface area contributed by atoms with E-state index in [1.807, 2.05) is 61.5 Å². The molecular weight excluding hydrogens is 455 g/mol.